The number of nitrogens with zero attached hydrogens (tertiary/aromatic N) is 4. The number of hydrogen-bond donors (Lipinski definition) is 3. The Labute approximate surface area is 196 Å². The number of rotatable bonds is 2. The van der Waals surface area contributed by atoms with Crippen molar-refractivity contribution in [1.29, 1.82) is 0 Å². The number of nitrogen functional groups attached to an aromatic ring is 1. The van der Waals surface area contributed by atoms with Crippen LogP contribution in [-0.4, -0.2) is 52.8 Å². The second-order valence-corrected chi connectivity index (χ2v) is 7.90. The Bertz CT molecular complexity index is 1290. The van der Waals surface area contributed by atoms with Gasteiger partial charge in [0.15, 0.2) is 17.5 Å². The van der Waals surface area contributed by atoms with Crippen molar-refractivity contribution in [1.82, 2.24) is 25.3 Å². The number of nitrogens with one attached hydrogen (secondary N) is 2. The number of pyridine rings is 2. The highest BCUT2D eigenvalue weighted by atomic mass is 19.4. The molecule has 4 rings (SSSR count). The molecule has 0 amide bonds. The number of ether oxygens (including phenoxy) is 2. The smallest absolute Gasteiger partial charge is 0.418 e. The van der Waals surface area contributed by atoms with E-state index in [1.54, 1.807) is 6.92 Å². The van der Waals surface area contributed by atoms with Gasteiger partial charge < -0.3 is 25.8 Å². The molecular formula is C21H22F5N7O2. The Kier molecular flexibility index (Phi) is 6.49. The quantitative estimate of drug-likeness (QED) is 0.456. The third kappa shape index (κ3) is 4.57. The van der Waals surface area contributed by atoms with E-state index in [-0.39, 0.29) is 23.1 Å². The number of anilines is 2. The molecule has 3 aromatic heterocycles. The van der Waals surface area contributed by atoms with Crippen molar-refractivity contribution in [2.24, 2.45) is 0 Å². The molecule has 0 bridgehead atoms. The zero-order valence-corrected chi connectivity index (χ0v) is 19.0. The SMILES string of the molecule is COc1nc2c3c(nc(-c4c(F)c(N)nc(C)c4C(F)(F)F)c(F)c3n1)OC(C)CCNCCN2. The molecule has 4 N–H and O–H groups in total. The largest absolute Gasteiger partial charge is 0.474 e. The van der Waals surface area contributed by atoms with Crippen molar-refractivity contribution in [3.05, 3.63) is 22.9 Å². The molecule has 0 saturated heterocycles. The van der Waals surface area contributed by atoms with Gasteiger partial charge in [0.25, 0.3) is 0 Å². The molecule has 0 saturated carbocycles. The Morgan fingerprint density at radius 3 is 2.49 bits per heavy atom. The van der Waals surface area contributed by atoms with Crippen LogP contribution in [0.25, 0.3) is 22.2 Å². The minimum atomic E-state index is -5.08. The number of aromatic nitrogens is 4. The number of halogens is 5. The average Bonchev–Trinajstić information content (AvgIpc) is 2.81. The fourth-order valence-corrected chi connectivity index (χ4v) is 3.81. The first-order valence-corrected chi connectivity index (χ1v) is 10.6. The van der Waals surface area contributed by atoms with Crippen LogP contribution in [0.1, 0.15) is 24.6 Å². The van der Waals surface area contributed by atoms with E-state index in [0.29, 0.717) is 26.1 Å². The molecule has 0 aliphatic carbocycles. The Morgan fingerprint density at radius 2 is 1.80 bits per heavy atom. The van der Waals surface area contributed by atoms with Gasteiger partial charge in [0.05, 0.1) is 30.0 Å². The zero-order chi connectivity index (χ0) is 25.5. The summed E-state index contributed by atoms with van der Waals surface area (Å²) in [5.74, 6) is -3.89. The standard InChI is InChI=1S/C21H22F5N7O2/c1-8-4-5-28-6-7-29-18-11-16(32-20(33-18)34-3)14(23)15(31-19(11)35-8)10-12(21(24,25)26)9(2)30-17(27)13(10)22/h8,28H,4-7H2,1-3H3,(H2,27,30)(H,29,32,33). The number of methoxy groups -OCH3 is 1. The van der Waals surface area contributed by atoms with Crippen LogP contribution in [0.15, 0.2) is 0 Å². The van der Waals surface area contributed by atoms with E-state index in [1.807, 2.05) is 0 Å². The monoisotopic (exact) mass is 499 g/mol. The van der Waals surface area contributed by atoms with Gasteiger partial charge in [-0.05, 0) is 26.8 Å². The first kappa shape index (κ1) is 24.6. The highest BCUT2D eigenvalue weighted by Crippen LogP contribution is 2.44. The maximum atomic E-state index is 15.9. The lowest BCUT2D eigenvalue weighted by molar-refractivity contribution is -0.138. The molecule has 1 unspecified atom stereocenters. The third-order valence-corrected chi connectivity index (χ3v) is 5.41. The highest BCUT2D eigenvalue weighted by molar-refractivity contribution is 5.96. The Morgan fingerprint density at radius 1 is 1.06 bits per heavy atom. The number of alkyl halides is 3. The molecule has 35 heavy (non-hydrogen) atoms. The summed E-state index contributed by atoms with van der Waals surface area (Å²) in [6, 6.07) is -0.264. The summed E-state index contributed by atoms with van der Waals surface area (Å²) in [5.41, 5.74) is 0.758. The van der Waals surface area contributed by atoms with E-state index in [4.69, 9.17) is 15.2 Å². The molecule has 1 aliphatic heterocycles. The van der Waals surface area contributed by atoms with Crippen LogP contribution in [0, 0.1) is 18.6 Å². The van der Waals surface area contributed by atoms with Crippen LogP contribution in [-0.2, 0) is 6.18 Å². The summed E-state index contributed by atoms with van der Waals surface area (Å²) in [6.07, 6.45) is -5.06. The van der Waals surface area contributed by atoms with Crippen molar-refractivity contribution >= 4 is 22.5 Å². The van der Waals surface area contributed by atoms with Crippen molar-refractivity contribution in [3.8, 4) is 23.1 Å². The van der Waals surface area contributed by atoms with E-state index >= 15 is 8.78 Å². The third-order valence-electron chi connectivity index (χ3n) is 5.41. The second-order valence-electron chi connectivity index (χ2n) is 7.90. The predicted molar refractivity (Wildman–Crippen MR) is 117 cm³/mol. The van der Waals surface area contributed by atoms with Gasteiger partial charge in [-0.2, -0.15) is 23.1 Å². The van der Waals surface area contributed by atoms with Crippen LogP contribution in [0.3, 0.4) is 0 Å². The molecule has 14 heteroatoms. The molecule has 9 nitrogen and oxygen atoms in total. The summed E-state index contributed by atoms with van der Waals surface area (Å²) < 4.78 is 83.8. The molecule has 1 atom stereocenters. The topological polar surface area (TPSA) is 120 Å². The first-order chi connectivity index (χ1) is 16.5. The predicted octanol–water partition coefficient (Wildman–Crippen LogP) is 3.46. The number of nitrogens with two attached hydrogens (primary N) is 1. The van der Waals surface area contributed by atoms with Crippen LogP contribution in [0.5, 0.6) is 11.9 Å². The molecular weight excluding hydrogens is 477 g/mol. The van der Waals surface area contributed by atoms with Crippen LogP contribution in [0.4, 0.5) is 33.6 Å². The summed E-state index contributed by atoms with van der Waals surface area (Å²) in [7, 11) is 1.24. The van der Waals surface area contributed by atoms with Gasteiger partial charge in [0.2, 0.25) is 5.88 Å². The van der Waals surface area contributed by atoms with Gasteiger partial charge in [-0.3, -0.25) is 0 Å². The number of hydrogen-bond acceptors (Lipinski definition) is 9. The molecule has 0 aromatic carbocycles. The van der Waals surface area contributed by atoms with E-state index < -0.39 is 57.8 Å². The molecule has 188 valence electrons. The minimum Gasteiger partial charge on any atom is -0.474 e. The van der Waals surface area contributed by atoms with E-state index in [1.165, 1.54) is 7.11 Å². The summed E-state index contributed by atoms with van der Waals surface area (Å²) >= 11 is 0. The van der Waals surface area contributed by atoms with Gasteiger partial charge in [0.1, 0.15) is 22.4 Å². The molecule has 0 fully saturated rings. The molecule has 4 heterocycles. The lowest BCUT2D eigenvalue weighted by atomic mass is 10.0. The van der Waals surface area contributed by atoms with Crippen molar-refractivity contribution < 1.29 is 31.4 Å². The zero-order valence-electron chi connectivity index (χ0n) is 19.0. The van der Waals surface area contributed by atoms with Gasteiger partial charge in [-0.25, -0.2) is 18.7 Å². The minimum absolute atomic E-state index is 0.0199. The molecule has 3 aromatic rings. The Balaban J connectivity index is 2.13. The lowest BCUT2D eigenvalue weighted by Crippen LogP contribution is -2.26. The molecule has 0 radical (unpaired) electrons. The van der Waals surface area contributed by atoms with Gasteiger partial charge in [-0.15, -0.1) is 0 Å². The summed E-state index contributed by atoms with van der Waals surface area (Å²) in [4.78, 5) is 15.6. The maximum absolute atomic E-state index is 15.9. The fourth-order valence-electron chi connectivity index (χ4n) is 3.81. The van der Waals surface area contributed by atoms with Crippen LogP contribution in [0.2, 0.25) is 0 Å². The molecule has 1 aliphatic rings. The Hall–Kier alpha value is -3.55. The highest BCUT2D eigenvalue weighted by Gasteiger charge is 2.40. The van der Waals surface area contributed by atoms with E-state index in [2.05, 4.69) is 30.6 Å². The summed E-state index contributed by atoms with van der Waals surface area (Å²) in [5, 5.41) is 6.17. The van der Waals surface area contributed by atoms with Gasteiger partial charge >= 0.3 is 12.2 Å². The van der Waals surface area contributed by atoms with Crippen LogP contribution < -0.4 is 25.8 Å². The summed E-state index contributed by atoms with van der Waals surface area (Å²) in [6.45, 7) is 4.19. The first-order valence-electron chi connectivity index (χ1n) is 10.6. The second kappa shape index (κ2) is 9.24. The fraction of sp³-hybridized carbons (Fsp3) is 0.429. The van der Waals surface area contributed by atoms with Gasteiger partial charge in [-0.1, -0.05) is 0 Å². The van der Waals surface area contributed by atoms with Crippen LogP contribution >= 0.6 is 0 Å². The normalized spacial score (nSPS) is 16.9. The molecule has 0 spiro atoms. The van der Waals surface area contributed by atoms with E-state index in [0.717, 1.165) is 6.92 Å². The average molecular weight is 499 g/mol. The van der Waals surface area contributed by atoms with Crippen molar-refractivity contribution in [2.45, 2.75) is 32.5 Å². The van der Waals surface area contributed by atoms with Crippen molar-refractivity contribution in [2.75, 3.05) is 37.8 Å². The lowest BCUT2D eigenvalue weighted by Gasteiger charge is -2.20. The number of aryl methyl sites for hydroxylation is 1. The van der Waals surface area contributed by atoms with Gasteiger partial charge in [0, 0.05) is 13.1 Å². The van der Waals surface area contributed by atoms with Crippen molar-refractivity contribution in [3.63, 3.8) is 0 Å². The maximum Gasteiger partial charge on any atom is 0.418 e. The van der Waals surface area contributed by atoms with E-state index in [9.17, 15) is 13.2 Å².